The maximum Gasteiger partial charge on any atom is 0.460 e. The molecular formula is C14H18F9IN4O3S. The molecular weight excluding hydrogens is 602 g/mol. The second kappa shape index (κ2) is 11.0. The minimum Gasteiger partial charge on any atom is -1.00 e. The Morgan fingerprint density at radius 3 is 1.19 bits per heavy atom. The monoisotopic (exact) mass is 620 g/mol. The number of alkyl halides is 9. The number of nitrogens with zero attached hydrogens (tertiary/aromatic N) is 4. The fraction of sp³-hybridized carbons (Fsp3) is 0.571. The molecule has 7 nitrogen and oxygen atoms in total. The lowest BCUT2D eigenvalue weighted by Gasteiger charge is -2.34. The molecule has 2 heterocycles. The van der Waals surface area contributed by atoms with Crippen molar-refractivity contribution in [2.45, 2.75) is 23.3 Å². The van der Waals surface area contributed by atoms with Gasteiger partial charge in [-0.1, -0.05) is 0 Å². The number of hydrogen-bond acceptors (Lipinski definition) is 3. The lowest BCUT2D eigenvalue weighted by Crippen LogP contribution is -3.00. The van der Waals surface area contributed by atoms with Gasteiger partial charge in [0.05, 0.1) is 28.2 Å². The molecule has 0 fully saturated rings. The first kappa shape index (κ1) is 32.6. The third-order valence-electron chi connectivity index (χ3n) is 3.23. The molecule has 2 rings (SSSR count). The van der Waals surface area contributed by atoms with Gasteiger partial charge in [0.15, 0.2) is 10.1 Å². The van der Waals surface area contributed by atoms with Gasteiger partial charge in [0.25, 0.3) is 0 Å². The summed E-state index contributed by atoms with van der Waals surface area (Å²) in [5.74, 6) is -14.8. The molecule has 0 N–H and O–H groups in total. The van der Waals surface area contributed by atoms with Crippen molar-refractivity contribution in [2.24, 2.45) is 28.2 Å². The highest BCUT2D eigenvalue weighted by Gasteiger charge is 2.83. The van der Waals surface area contributed by atoms with E-state index in [-0.39, 0.29) is 24.0 Å². The van der Waals surface area contributed by atoms with Crippen LogP contribution in [0.3, 0.4) is 0 Å². The molecule has 0 aliphatic rings. The highest BCUT2D eigenvalue weighted by Crippen LogP contribution is 2.54. The average molecular weight is 620 g/mol. The van der Waals surface area contributed by atoms with E-state index in [0.717, 1.165) is 0 Å². The molecule has 0 bridgehead atoms. The van der Waals surface area contributed by atoms with Crippen molar-refractivity contribution in [3.63, 3.8) is 0 Å². The maximum absolute atomic E-state index is 12.2. The van der Waals surface area contributed by atoms with Crippen molar-refractivity contribution < 1.29 is 85.6 Å². The van der Waals surface area contributed by atoms with Gasteiger partial charge in [0, 0.05) is 0 Å². The van der Waals surface area contributed by atoms with Crippen LogP contribution < -0.4 is 33.1 Å². The van der Waals surface area contributed by atoms with Gasteiger partial charge in [0.2, 0.25) is 12.7 Å². The molecule has 0 radical (unpaired) electrons. The SMILES string of the molecule is Cn1cc[n+](C)c1.Cn1cc[n+](C)c1.O=S(=O)([O-])C(F)(F)C(F)(F)C(F)(F)C(F)(F)F.[I-]. The Morgan fingerprint density at radius 2 is 1.06 bits per heavy atom. The Kier molecular flexibility index (Phi) is 11.2. The highest BCUT2D eigenvalue weighted by molar-refractivity contribution is 7.86. The molecule has 0 aromatic carbocycles. The van der Waals surface area contributed by atoms with E-state index in [4.69, 9.17) is 0 Å². The van der Waals surface area contributed by atoms with Gasteiger partial charge < -0.3 is 28.5 Å². The molecule has 0 aliphatic carbocycles. The summed E-state index contributed by atoms with van der Waals surface area (Å²) in [6.45, 7) is 0. The van der Waals surface area contributed by atoms with E-state index in [2.05, 4.69) is 0 Å². The molecule has 0 saturated carbocycles. The standard InChI is InChI=1S/2C5H9N2.C4HF9O3S.HI/c2*1-6-3-4-7(2)5-6;5-1(6,3(9,10)11)2(7,8)4(12,13)17(14,15)16;/h2*3-5H,1-2H3;(H,14,15,16);1H/q2*+1;;/p-2. The van der Waals surface area contributed by atoms with Crippen molar-refractivity contribution >= 4 is 10.1 Å². The molecule has 0 amide bonds. The maximum atomic E-state index is 12.2. The van der Waals surface area contributed by atoms with E-state index >= 15 is 0 Å². The lowest BCUT2D eigenvalue weighted by atomic mass is 10.1. The van der Waals surface area contributed by atoms with Crippen molar-refractivity contribution in [2.75, 3.05) is 0 Å². The zero-order valence-electron chi connectivity index (χ0n) is 16.7. The topological polar surface area (TPSA) is 74.8 Å². The zero-order chi connectivity index (χ0) is 25.1. The molecule has 0 saturated heterocycles. The molecule has 0 aliphatic heterocycles. The van der Waals surface area contributed by atoms with Crippen molar-refractivity contribution in [3.05, 3.63) is 37.4 Å². The second-order valence-electron chi connectivity index (χ2n) is 6.11. The molecule has 2 aromatic rings. The van der Waals surface area contributed by atoms with Crippen molar-refractivity contribution in [1.82, 2.24) is 9.13 Å². The van der Waals surface area contributed by atoms with Crippen LogP contribution in [-0.4, -0.2) is 45.4 Å². The van der Waals surface area contributed by atoms with Crippen LogP contribution in [0.1, 0.15) is 0 Å². The van der Waals surface area contributed by atoms with E-state index in [1.54, 1.807) is 0 Å². The zero-order valence-corrected chi connectivity index (χ0v) is 19.6. The second-order valence-corrected chi connectivity index (χ2v) is 7.53. The molecule has 0 unspecified atom stereocenters. The Hall–Kier alpha value is -1.57. The van der Waals surface area contributed by atoms with Crippen LogP contribution >= 0.6 is 0 Å². The van der Waals surface area contributed by atoms with Gasteiger partial charge in [-0.3, -0.25) is 0 Å². The first-order chi connectivity index (χ1) is 13.6. The predicted molar refractivity (Wildman–Crippen MR) is 83.8 cm³/mol. The van der Waals surface area contributed by atoms with Crippen LogP contribution in [0.2, 0.25) is 0 Å². The van der Waals surface area contributed by atoms with E-state index in [1.807, 2.05) is 83.9 Å². The first-order valence-electron chi connectivity index (χ1n) is 7.68. The summed E-state index contributed by atoms with van der Waals surface area (Å²) in [5, 5.41) is -7.11. The highest BCUT2D eigenvalue weighted by atomic mass is 127. The summed E-state index contributed by atoms with van der Waals surface area (Å²) in [5.41, 5.74) is 0. The number of imidazole rings is 2. The summed E-state index contributed by atoms with van der Waals surface area (Å²) in [6, 6.07) is 0. The molecule has 32 heavy (non-hydrogen) atoms. The minimum atomic E-state index is -7.43. The van der Waals surface area contributed by atoms with Crippen molar-refractivity contribution in [1.29, 1.82) is 0 Å². The number of aryl methyl sites for hydroxylation is 4. The molecule has 18 heteroatoms. The van der Waals surface area contributed by atoms with E-state index in [9.17, 15) is 52.5 Å². The van der Waals surface area contributed by atoms with Crippen LogP contribution in [0.15, 0.2) is 37.4 Å². The number of aromatic nitrogens is 4. The van der Waals surface area contributed by atoms with Crippen LogP contribution in [0.5, 0.6) is 0 Å². The van der Waals surface area contributed by atoms with Crippen LogP contribution in [0, 0.1) is 0 Å². The molecule has 0 atom stereocenters. The Balaban J connectivity index is 0. The van der Waals surface area contributed by atoms with Gasteiger partial charge in [-0.25, -0.2) is 26.7 Å². The molecule has 0 spiro atoms. The van der Waals surface area contributed by atoms with Gasteiger partial charge in [-0.15, -0.1) is 0 Å². The third kappa shape index (κ3) is 7.78. The summed E-state index contributed by atoms with van der Waals surface area (Å²) in [4.78, 5) is 0. The normalized spacial score (nSPS) is 12.7. The number of rotatable bonds is 3. The van der Waals surface area contributed by atoms with Crippen LogP contribution in [-0.2, 0) is 38.3 Å². The average Bonchev–Trinajstić information content (AvgIpc) is 3.12. The van der Waals surface area contributed by atoms with Crippen molar-refractivity contribution in [3.8, 4) is 0 Å². The molecule has 188 valence electrons. The molecule has 2 aromatic heterocycles. The van der Waals surface area contributed by atoms with Gasteiger partial charge in [0.1, 0.15) is 24.8 Å². The van der Waals surface area contributed by atoms with E-state index < -0.39 is 33.4 Å². The van der Waals surface area contributed by atoms with E-state index in [0.29, 0.717) is 0 Å². The van der Waals surface area contributed by atoms with Crippen LogP contribution in [0.4, 0.5) is 39.5 Å². The summed E-state index contributed by atoms with van der Waals surface area (Å²) < 4.78 is 143. The first-order valence-corrected chi connectivity index (χ1v) is 9.08. The third-order valence-corrected chi connectivity index (χ3v) is 4.12. The largest absolute Gasteiger partial charge is 1.00 e. The van der Waals surface area contributed by atoms with Gasteiger partial charge in [-0.2, -0.15) is 39.5 Å². The smallest absolute Gasteiger partial charge is 0.460 e. The summed E-state index contributed by atoms with van der Waals surface area (Å²) in [7, 11) is 0.583. The fourth-order valence-corrected chi connectivity index (χ4v) is 2.11. The lowest BCUT2D eigenvalue weighted by molar-refractivity contribution is -0.671. The Morgan fingerprint density at radius 1 is 0.750 bits per heavy atom. The van der Waals surface area contributed by atoms with Gasteiger partial charge in [-0.05, 0) is 0 Å². The summed E-state index contributed by atoms with van der Waals surface area (Å²) in [6.07, 6.45) is 4.84. The minimum absolute atomic E-state index is 0. The fourth-order valence-electron chi connectivity index (χ4n) is 1.67. The predicted octanol–water partition coefficient (Wildman–Crippen LogP) is -1.34. The number of halogens is 10. The number of hydrogen-bond donors (Lipinski definition) is 0. The Bertz CT molecular complexity index is 888. The van der Waals surface area contributed by atoms with E-state index in [1.165, 1.54) is 0 Å². The van der Waals surface area contributed by atoms with Crippen LogP contribution in [0.25, 0.3) is 0 Å². The summed E-state index contributed by atoms with van der Waals surface area (Å²) >= 11 is 0. The quantitative estimate of drug-likeness (QED) is 0.185. The Labute approximate surface area is 193 Å². The van der Waals surface area contributed by atoms with Gasteiger partial charge >= 0.3 is 23.3 Å².